The Labute approximate surface area is 212 Å². The number of aromatic nitrogens is 3. The van der Waals surface area contributed by atoms with Crippen molar-refractivity contribution >= 4 is 30.7 Å². The van der Waals surface area contributed by atoms with Crippen LogP contribution in [0.25, 0.3) is 22.3 Å². The molecule has 0 fully saturated rings. The predicted molar refractivity (Wildman–Crippen MR) is 143 cm³/mol. The highest BCUT2D eigenvalue weighted by atomic mass is 35.5. The van der Waals surface area contributed by atoms with E-state index in [2.05, 4.69) is 59.9 Å². The Bertz CT molecular complexity index is 1410. The summed E-state index contributed by atoms with van der Waals surface area (Å²) in [4.78, 5) is 9.09. The summed E-state index contributed by atoms with van der Waals surface area (Å²) in [7, 11) is -1.15. The van der Waals surface area contributed by atoms with E-state index in [0.717, 1.165) is 40.5 Å². The van der Waals surface area contributed by atoms with E-state index in [1.165, 1.54) is 11.1 Å². The Morgan fingerprint density at radius 3 is 2.49 bits per heavy atom. The third kappa shape index (κ3) is 4.77. The molecule has 0 amide bonds. The first-order chi connectivity index (χ1) is 16.8. The zero-order valence-electron chi connectivity index (χ0n) is 20.4. The summed E-state index contributed by atoms with van der Waals surface area (Å²) in [5, 5.41) is 11.4. The van der Waals surface area contributed by atoms with Gasteiger partial charge in [0, 0.05) is 31.8 Å². The highest BCUT2D eigenvalue weighted by molar-refractivity contribution is 6.76. The van der Waals surface area contributed by atoms with Crippen LogP contribution < -0.4 is 0 Å². The zero-order valence-corrected chi connectivity index (χ0v) is 22.1. The van der Waals surface area contributed by atoms with Crippen LogP contribution in [0.3, 0.4) is 0 Å². The molecule has 2 aromatic heterocycles. The van der Waals surface area contributed by atoms with Crippen molar-refractivity contribution in [3.63, 3.8) is 0 Å². The van der Waals surface area contributed by atoms with E-state index in [0.29, 0.717) is 19.6 Å². The van der Waals surface area contributed by atoms with Gasteiger partial charge in [-0.1, -0.05) is 62.1 Å². The highest BCUT2D eigenvalue weighted by Gasteiger charge is 2.39. The first kappa shape index (κ1) is 23.7. The monoisotopic (exact) mass is 500 g/mol. The summed E-state index contributed by atoms with van der Waals surface area (Å²) in [6.07, 6.45) is 3.41. The van der Waals surface area contributed by atoms with Crippen molar-refractivity contribution in [2.75, 3.05) is 6.61 Å². The number of hydrogen-bond acceptors (Lipinski definition) is 4. The smallest absolute Gasteiger partial charge is 0.224 e. The molecular formula is C28H29ClN4OSi. The Hall–Kier alpha value is -2.98. The minimum Gasteiger partial charge on any atom is -0.361 e. The zero-order chi connectivity index (χ0) is 24.6. The number of hydrogen-bond donors (Lipinski definition) is 0. The molecule has 178 valence electrons. The minimum atomic E-state index is -1.15. The minimum absolute atomic E-state index is 0.197. The number of nitriles is 1. The number of halogens is 1. The lowest BCUT2D eigenvalue weighted by Gasteiger charge is -2.21. The first-order valence-electron chi connectivity index (χ1n) is 12.0. The highest BCUT2D eigenvalue weighted by Crippen LogP contribution is 2.41. The summed E-state index contributed by atoms with van der Waals surface area (Å²) in [5.74, 6) is 0. The Kier molecular flexibility index (Phi) is 6.26. The molecule has 0 unspecified atom stereocenters. The van der Waals surface area contributed by atoms with Crippen LogP contribution in [0.15, 0.2) is 60.8 Å². The normalized spacial score (nSPS) is 14.7. The summed E-state index contributed by atoms with van der Waals surface area (Å²) in [5.41, 5.74) is 5.38. The molecule has 0 N–H and O–H groups in total. The first-order valence-corrected chi connectivity index (χ1v) is 16.1. The molecule has 0 atom stereocenters. The molecule has 7 heteroatoms. The molecule has 35 heavy (non-hydrogen) atoms. The molecular weight excluding hydrogens is 472 g/mol. The van der Waals surface area contributed by atoms with Gasteiger partial charge in [0.1, 0.15) is 12.4 Å². The maximum atomic E-state index is 10.3. The number of rotatable bonds is 7. The van der Waals surface area contributed by atoms with Crippen LogP contribution in [-0.2, 0) is 29.7 Å². The van der Waals surface area contributed by atoms with Gasteiger partial charge in [-0.15, -0.1) is 0 Å². The summed E-state index contributed by atoms with van der Waals surface area (Å²) in [6, 6.07) is 22.3. The van der Waals surface area contributed by atoms with Crippen molar-refractivity contribution in [2.45, 2.75) is 50.7 Å². The van der Waals surface area contributed by atoms with Crippen LogP contribution in [0.1, 0.15) is 16.7 Å². The molecule has 0 aliphatic heterocycles. The molecule has 4 aromatic rings. The second kappa shape index (κ2) is 9.23. The number of benzene rings is 2. The average molecular weight is 501 g/mol. The lowest BCUT2D eigenvalue weighted by molar-refractivity contribution is 0.0899. The number of fused-ring (bicyclic) bond motifs is 2. The van der Waals surface area contributed by atoms with Crippen molar-refractivity contribution in [1.82, 2.24) is 14.5 Å². The molecule has 0 bridgehead atoms. The third-order valence-corrected chi connectivity index (χ3v) is 8.70. The van der Waals surface area contributed by atoms with Crippen molar-refractivity contribution in [1.29, 1.82) is 5.26 Å². The van der Waals surface area contributed by atoms with E-state index >= 15 is 0 Å². The van der Waals surface area contributed by atoms with Crippen molar-refractivity contribution in [3.05, 3.63) is 82.8 Å². The summed E-state index contributed by atoms with van der Waals surface area (Å²) < 4.78 is 7.93. The number of nitrogens with zero attached hydrogens (tertiary/aromatic N) is 4. The summed E-state index contributed by atoms with van der Waals surface area (Å²) in [6.45, 7) is 8.19. The maximum Gasteiger partial charge on any atom is 0.224 e. The van der Waals surface area contributed by atoms with Crippen molar-refractivity contribution in [3.8, 4) is 17.3 Å². The lowest BCUT2D eigenvalue weighted by atomic mass is 9.78. The Morgan fingerprint density at radius 1 is 1.06 bits per heavy atom. The molecule has 1 aliphatic carbocycles. The Balaban J connectivity index is 1.47. The van der Waals surface area contributed by atoms with Crippen LogP contribution in [0, 0.1) is 11.3 Å². The average Bonchev–Trinajstić information content (AvgIpc) is 3.43. The van der Waals surface area contributed by atoms with Gasteiger partial charge in [0.05, 0.1) is 17.2 Å². The fraction of sp³-hybridized carbons (Fsp3) is 0.321. The van der Waals surface area contributed by atoms with Gasteiger partial charge in [0.15, 0.2) is 0 Å². The fourth-order valence-corrected chi connectivity index (χ4v) is 5.75. The maximum absolute atomic E-state index is 10.3. The van der Waals surface area contributed by atoms with E-state index < -0.39 is 13.5 Å². The van der Waals surface area contributed by atoms with E-state index in [4.69, 9.17) is 16.3 Å². The number of ether oxygens (including phenoxy) is 1. The van der Waals surface area contributed by atoms with Gasteiger partial charge in [0.25, 0.3) is 0 Å². The van der Waals surface area contributed by atoms with E-state index in [-0.39, 0.29) is 5.28 Å². The van der Waals surface area contributed by atoms with E-state index in [9.17, 15) is 5.26 Å². The summed E-state index contributed by atoms with van der Waals surface area (Å²) >= 11 is 6.38. The molecule has 0 saturated heterocycles. The molecule has 5 nitrogen and oxygen atoms in total. The second-order valence-corrected chi connectivity index (χ2v) is 16.6. The molecule has 1 aliphatic rings. The third-order valence-electron chi connectivity index (χ3n) is 6.82. The molecule has 5 rings (SSSR count). The standard InChI is InChI=1S/C28H29ClN4OSi/c1-35(2,3)14-13-34-19-33-12-11-24-25(31-27(29)32-26(24)33)20-9-6-10-23(15-20)28(18-30)16-21-7-4-5-8-22(21)17-28/h4-12,15H,13-14,16-17,19H2,1-3H3. The van der Waals surface area contributed by atoms with Gasteiger partial charge in [-0.3, -0.25) is 0 Å². The van der Waals surface area contributed by atoms with Gasteiger partial charge < -0.3 is 9.30 Å². The molecule has 2 heterocycles. The second-order valence-electron chi connectivity index (χ2n) is 10.6. The molecule has 2 aromatic carbocycles. The van der Waals surface area contributed by atoms with Gasteiger partial charge in [0.2, 0.25) is 5.28 Å². The van der Waals surface area contributed by atoms with Crippen LogP contribution >= 0.6 is 11.6 Å². The Morgan fingerprint density at radius 2 is 1.80 bits per heavy atom. The topological polar surface area (TPSA) is 63.7 Å². The van der Waals surface area contributed by atoms with Gasteiger partial charge in [-0.25, -0.2) is 4.98 Å². The largest absolute Gasteiger partial charge is 0.361 e. The van der Waals surface area contributed by atoms with Gasteiger partial charge in [-0.05, 0) is 59.3 Å². The predicted octanol–water partition coefficient (Wildman–Crippen LogP) is 6.62. The molecule has 0 spiro atoms. The quantitative estimate of drug-likeness (QED) is 0.162. The van der Waals surface area contributed by atoms with Crippen molar-refractivity contribution < 1.29 is 4.74 Å². The van der Waals surface area contributed by atoms with Crippen molar-refractivity contribution in [2.24, 2.45) is 0 Å². The van der Waals surface area contributed by atoms with Crippen LogP contribution in [0.5, 0.6) is 0 Å². The molecule has 0 saturated carbocycles. The molecule has 0 radical (unpaired) electrons. The van der Waals surface area contributed by atoms with E-state index in [1.807, 2.05) is 41.1 Å². The lowest BCUT2D eigenvalue weighted by Crippen LogP contribution is -2.24. The van der Waals surface area contributed by atoms with Crippen LogP contribution in [-0.4, -0.2) is 29.2 Å². The van der Waals surface area contributed by atoms with Crippen LogP contribution in [0.2, 0.25) is 31.0 Å². The fourth-order valence-electron chi connectivity index (χ4n) is 4.83. The SMILES string of the molecule is C[Si](C)(C)CCOCn1ccc2c(-c3cccc(C4(C#N)Cc5ccccc5C4)c3)nc(Cl)nc21. The van der Waals surface area contributed by atoms with Gasteiger partial charge >= 0.3 is 0 Å². The van der Waals surface area contributed by atoms with E-state index in [1.54, 1.807) is 0 Å². The van der Waals surface area contributed by atoms with Crippen LogP contribution in [0.4, 0.5) is 0 Å². The van der Waals surface area contributed by atoms with Gasteiger partial charge in [-0.2, -0.15) is 10.2 Å².